The van der Waals surface area contributed by atoms with Gasteiger partial charge in [0.05, 0.1) is 10.8 Å². The molecule has 19 heavy (non-hydrogen) atoms. The number of aryl methyl sites for hydroxylation is 1. The fraction of sp³-hybridized carbons (Fsp3) is 0.417. The van der Waals surface area contributed by atoms with E-state index in [9.17, 15) is 13.2 Å². The maximum absolute atomic E-state index is 11.8. The number of hydrogen-bond donors (Lipinski definition) is 0. The molecule has 0 unspecified atom stereocenters. The van der Waals surface area contributed by atoms with Crippen molar-refractivity contribution in [2.45, 2.75) is 24.8 Å². The smallest absolute Gasteiger partial charge is 0.303 e. The average Bonchev–Trinajstić information content (AvgIpc) is 2.34. The van der Waals surface area contributed by atoms with Gasteiger partial charge in [-0.2, -0.15) is 8.42 Å². The van der Waals surface area contributed by atoms with Crippen molar-refractivity contribution in [3.63, 3.8) is 0 Å². The minimum absolute atomic E-state index is 0.0387. The van der Waals surface area contributed by atoms with E-state index in [0.29, 0.717) is 0 Å². The van der Waals surface area contributed by atoms with Gasteiger partial charge in [0.1, 0.15) is 12.7 Å². The number of hydrogen-bond acceptors (Lipinski definition) is 5. The van der Waals surface area contributed by atoms with Crippen LogP contribution in [0.4, 0.5) is 0 Å². The number of benzene rings is 1. The molecule has 0 aliphatic carbocycles. The largest absolute Gasteiger partial charge is 0.459 e. The molecule has 1 rings (SSSR count). The lowest BCUT2D eigenvalue weighted by molar-refractivity contribution is -0.146. The van der Waals surface area contributed by atoms with Crippen LogP contribution < -0.4 is 0 Å². The number of ether oxygens (including phenoxy) is 1. The number of esters is 1. The highest BCUT2D eigenvalue weighted by Crippen LogP contribution is 2.14. The summed E-state index contributed by atoms with van der Waals surface area (Å²) in [7, 11) is -3.87. The highest BCUT2D eigenvalue weighted by molar-refractivity contribution is 7.86. The van der Waals surface area contributed by atoms with Crippen molar-refractivity contribution in [1.82, 2.24) is 0 Å². The second-order valence-electron chi connectivity index (χ2n) is 3.94. The molecule has 0 bridgehead atoms. The lowest BCUT2D eigenvalue weighted by Gasteiger charge is -2.14. The summed E-state index contributed by atoms with van der Waals surface area (Å²) >= 11 is 5.56. The first-order chi connectivity index (χ1) is 8.85. The van der Waals surface area contributed by atoms with Crippen LogP contribution in [0.5, 0.6) is 0 Å². The molecule has 0 saturated heterocycles. The van der Waals surface area contributed by atoms with Crippen LogP contribution in [0.2, 0.25) is 0 Å². The fourth-order valence-electron chi connectivity index (χ4n) is 1.28. The molecule has 0 heterocycles. The van der Waals surface area contributed by atoms with Crippen LogP contribution in [0.3, 0.4) is 0 Å². The number of rotatable bonds is 6. The van der Waals surface area contributed by atoms with E-state index >= 15 is 0 Å². The maximum Gasteiger partial charge on any atom is 0.303 e. The third kappa shape index (κ3) is 5.18. The van der Waals surface area contributed by atoms with Gasteiger partial charge in [-0.25, -0.2) is 0 Å². The molecule has 1 aromatic carbocycles. The van der Waals surface area contributed by atoms with Gasteiger partial charge in [0, 0.05) is 6.92 Å². The Balaban J connectivity index is 2.69. The van der Waals surface area contributed by atoms with Crippen molar-refractivity contribution in [3.8, 4) is 0 Å². The normalized spacial score (nSPS) is 13.0. The monoisotopic (exact) mass is 306 g/mol. The first-order valence-corrected chi connectivity index (χ1v) is 7.48. The van der Waals surface area contributed by atoms with E-state index in [2.05, 4.69) is 0 Å². The molecule has 0 amide bonds. The van der Waals surface area contributed by atoms with Crippen molar-refractivity contribution in [3.05, 3.63) is 29.8 Å². The van der Waals surface area contributed by atoms with E-state index in [1.165, 1.54) is 19.1 Å². The Kier molecular flexibility index (Phi) is 5.78. The second-order valence-corrected chi connectivity index (χ2v) is 5.86. The lowest BCUT2D eigenvalue weighted by atomic mass is 10.2. The van der Waals surface area contributed by atoms with Crippen molar-refractivity contribution in [2.75, 3.05) is 12.5 Å². The maximum atomic E-state index is 11.8. The first-order valence-electron chi connectivity index (χ1n) is 5.54. The second kappa shape index (κ2) is 6.88. The van der Waals surface area contributed by atoms with E-state index in [4.69, 9.17) is 20.5 Å². The molecule has 0 aliphatic heterocycles. The lowest BCUT2D eigenvalue weighted by Crippen LogP contribution is -2.25. The quantitative estimate of drug-likeness (QED) is 0.456. The predicted octanol–water partition coefficient (Wildman–Crippen LogP) is 1.87. The van der Waals surface area contributed by atoms with Crippen LogP contribution in [0.15, 0.2) is 29.2 Å². The minimum Gasteiger partial charge on any atom is -0.459 e. The van der Waals surface area contributed by atoms with E-state index in [1.54, 1.807) is 12.1 Å². The molecule has 5 nitrogen and oxygen atoms in total. The predicted molar refractivity (Wildman–Crippen MR) is 70.6 cm³/mol. The summed E-state index contributed by atoms with van der Waals surface area (Å²) in [6.45, 7) is 2.76. The highest BCUT2D eigenvalue weighted by Gasteiger charge is 2.19. The zero-order chi connectivity index (χ0) is 14.5. The number of carbonyl (C=O) groups excluding carboxylic acids is 1. The van der Waals surface area contributed by atoms with Crippen molar-refractivity contribution < 1.29 is 22.1 Å². The Morgan fingerprint density at radius 2 is 1.89 bits per heavy atom. The molecule has 0 saturated carbocycles. The SMILES string of the molecule is CC(=O)O[C@@H](CCl)COS(=O)(=O)c1ccc(C)cc1. The molecule has 0 spiro atoms. The van der Waals surface area contributed by atoms with Crippen LogP contribution in [0, 0.1) is 6.92 Å². The molecule has 0 aliphatic rings. The zero-order valence-electron chi connectivity index (χ0n) is 10.6. The Bertz CT molecular complexity index is 524. The average molecular weight is 307 g/mol. The van der Waals surface area contributed by atoms with Gasteiger partial charge in [0.15, 0.2) is 0 Å². The summed E-state index contributed by atoms with van der Waals surface area (Å²) in [5, 5.41) is 0. The third-order valence-corrected chi connectivity index (χ3v) is 3.86. The Morgan fingerprint density at radius 1 is 1.32 bits per heavy atom. The van der Waals surface area contributed by atoms with Gasteiger partial charge in [-0.15, -0.1) is 11.6 Å². The van der Waals surface area contributed by atoms with Crippen molar-refractivity contribution in [1.29, 1.82) is 0 Å². The van der Waals surface area contributed by atoms with Crippen LogP contribution in [0.1, 0.15) is 12.5 Å². The summed E-state index contributed by atoms with van der Waals surface area (Å²) in [6.07, 6.45) is -0.792. The van der Waals surface area contributed by atoms with Gasteiger partial charge in [-0.1, -0.05) is 17.7 Å². The first kappa shape index (κ1) is 15.9. The third-order valence-electron chi connectivity index (χ3n) is 2.22. The molecule has 1 aromatic rings. The molecule has 0 N–H and O–H groups in total. The molecule has 0 fully saturated rings. The van der Waals surface area contributed by atoms with Gasteiger partial charge in [-0.3, -0.25) is 8.98 Å². The molecule has 106 valence electrons. The molecule has 1 atom stereocenters. The van der Waals surface area contributed by atoms with Crippen LogP contribution in [-0.2, 0) is 23.8 Å². The topological polar surface area (TPSA) is 69.7 Å². The van der Waals surface area contributed by atoms with E-state index in [1.807, 2.05) is 6.92 Å². The number of carbonyl (C=O) groups is 1. The van der Waals surface area contributed by atoms with Gasteiger partial charge in [-0.05, 0) is 19.1 Å². The standard InChI is InChI=1S/C12H15ClO5S/c1-9-3-5-12(6-4-9)19(15,16)17-8-11(7-13)18-10(2)14/h3-6,11H,7-8H2,1-2H3/t11-/m0/s1. The van der Waals surface area contributed by atoms with E-state index in [-0.39, 0.29) is 17.4 Å². The molecular weight excluding hydrogens is 292 g/mol. The molecule has 0 radical (unpaired) electrons. The van der Waals surface area contributed by atoms with Gasteiger partial charge in [0.2, 0.25) is 0 Å². The Labute approximate surface area is 117 Å². The van der Waals surface area contributed by atoms with Gasteiger partial charge in [0.25, 0.3) is 10.1 Å². The van der Waals surface area contributed by atoms with Crippen LogP contribution >= 0.6 is 11.6 Å². The van der Waals surface area contributed by atoms with Gasteiger partial charge >= 0.3 is 5.97 Å². The van der Waals surface area contributed by atoms with E-state index in [0.717, 1.165) is 5.56 Å². The Hall–Kier alpha value is -1.11. The zero-order valence-corrected chi connectivity index (χ0v) is 12.2. The summed E-state index contributed by atoms with van der Waals surface area (Å²) in [5.74, 6) is -0.579. The summed E-state index contributed by atoms with van der Waals surface area (Å²) in [4.78, 5) is 10.8. The molecular formula is C12H15ClO5S. The van der Waals surface area contributed by atoms with Crippen molar-refractivity contribution >= 4 is 27.7 Å². The number of alkyl halides is 1. The molecule has 0 aromatic heterocycles. The van der Waals surface area contributed by atoms with Crippen molar-refractivity contribution in [2.24, 2.45) is 0 Å². The summed E-state index contributed by atoms with van der Waals surface area (Å²) < 4.78 is 33.3. The minimum atomic E-state index is -3.87. The summed E-state index contributed by atoms with van der Waals surface area (Å²) in [6, 6.07) is 6.24. The van der Waals surface area contributed by atoms with E-state index < -0.39 is 22.2 Å². The Morgan fingerprint density at radius 3 is 2.37 bits per heavy atom. The number of halogens is 1. The van der Waals surface area contributed by atoms with Crippen LogP contribution in [-0.4, -0.2) is 33.0 Å². The molecule has 7 heteroatoms. The highest BCUT2D eigenvalue weighted by atomic mass is 35.5. The summed E-state index contributed by atoms with van der Waals surface area (Å²) in [5.41, 5.74) is 0.942. The van der Waals surface area contributed by atoms with Gasteiger partial charge < -0.3 is 4.74 Å². The van der Waals surface area contributed by atoms with Crippen LogP contribution in [0.25, 0.3) is 0 Å². The fourth-order valence-corrected chi connectivity index (χ4v) is 2.37.